The molecule has 0 spiro atoms. The Balaban J connectivity index is 2.37. The van der Waals surface area contributed by atoms with Crippen molar-refractivity contribution < 1.29 is 9.84 Å². The average Bonchev–Trinajstić information content (AvgIpc) is 2.08. The van der Waals surface area contributed by atoms with Crippen LogP contribution in [-0.2, 0) is 0 Å². The van der Waals surface area contributed by atoms with Crippen LogP contribution in [0.15, 0.2) is 16.6 Å². The number of aromatic hydroxyl groups is 1. The quantitative estimate of drug-likeness (QED) is 0.854. The molecular weight excluding hydrogens is 246 g/mol. The molecule has 1 aliphatic heterocycles. The molecule has 0 radical (unpaired) electrons. The molecule has 0 aliphatic carbocycles. The summed E-state index contributed by atoms with van der Waals surface area (Å²) in [6, 6.07) is 4.20. The number of phenolic OH excluding ortho intramolecular Hbond substituents is 1. The van der Waals surface area contributed by atoms with Gasteiger partial charge in [-0.1, -0.05) is 0 Å². The van der Waals surface area contributed by atoms with E-state index in [4.69, 9.17) is 4.74 Å². The Bertz CT molecular complexity index is 350. The van der Waals surface area contributed by atoms with E-state index in [9.17, 15) is 5.11 Å². The van der Waals surface area contributed by atoms with Crippen molar-refractivity contribution in [2.75, 3.05) is 13.7 Å². The van der Waals surface area contributed by atoms with Crippen LogP contribution in [0, 0.1) is 0 Å². The number of nitrogens with one attached hydrogen (secondary N) is 1. The van der Waals surface area contributed by atoms with Gasteiger partial charge in [-0.25, -0.2) is 0 Å². The van der Waals surface area contributed by atoms with Crippen molar-refractivity contribution in [3.8, 4) is 11.5 Å². The summed E-state index contributed by atoms with van der Waals surface area (Å²) in [6.45, 7) is 1.06. The lowest BCUT2D eigenvalue weighted by molar-refractivity contribution is 0.361. The Morgan fingerprint density at radius 1 is 1.57 bits per heavy atom. The molecule has 1 atom stereocenters. The van der Waals surface area contributed by atoms with Crippen LogP contribution < -0.4 is 10.1 Å². The minimum absolute atomic E-state index is 0.163. The molecule has 1 aromatic rings. The number of benzene rings is 1. The number of ether oxygens (including phenoxy) is 1. The third-order valence-electron chi connectivity index (χ3n) is 2.50. The fourth-order valence-corrected chi connectivity index (χ4v) is 1.98. The van der Waals surface area contributed by atoms with Crippen LogP contribution in [0.5, 0.6) is 11.5 Å². The molecular formula is C10H12BrNO2. The number of halogens is 1. The second-order valence-corrected chi connectivity index (χ2v) is 4.20. The van der Waals surface area contributed by atoms with E-state index in [0.717, 1.165) is 18.5 Å². The molecule has 2 rings (SSSR count). The summed E-state index contributed by atoms with van der Waals surface area (Å²) in [5, 5.41) is 12.9. The highest BCUT2D eigenvalue weighted by Gasteiger charge is 2.20. The molecule has 4 heteroatoms. The van der Waals surface area contributed by atoms with Crippen molar-refractivity contribution in [1.82, 2.24) is 5.32 Å². The van der Waals surface area contributed by atoms with E-state index in [-0.39, 0.29) is 5.75 Å². The first kappa shape index (κ1) is 9.80. The summed E-state index contributed by atoms with van der Waals surface area (Å²) in [4.78, 5) is 0. The Hall–Kier alpha value is -0.740. The van der Waals surface area contributed by atoms with Crippen molar-refractivity contribution in [3.05, 3.63) is 22.2 Å². The lowest BCUT2D eigenvalue weighted by Crippen LogP contribution is -2.34. The van der Waals surface area contributed by atoms with E-state index < -0.39 is 0 Å². The maximum Gasteiger partial charge on any atom is 0.172 e. The molecule has 0 aromatic heterocycles. The van der Waals surface area contributed by atoms with Crippen molar-refractivity contribution in [1.29, 1.82) is 0 Å². The lowest BCUT2D eigenvalue weighted by atomic mass is 9.98. The van der Waals surface area contributed by atoms with E-state index in [2.05, 4.69) is 21.2 Å². The van der Waals surface area contributed by atoms with Gasteiger partial charge >= 0.3 is 0 Å². The summed E-state index contributed by atoms with van der Waals surface area (Å²) < 4.78 is 5.76. The summed E-state index contributed by atoms with van der Waals surface area (Å²) in [5.41, 5.74) is 1.15. The zero-order chi connectivity index (χ0) is 10.1. The summed E-state index contributed by atoms with van der Waals surface area (Å²) in [5.74, 6) is 0.679. The number of phenols is 1. The van der Waals surface area contributed by atoms with E-state index in [1.165, 1.54) is 0 Å². The molecule has 3 nitrogen and oxygen atoms in total. The Labute approximate surface area is 91.2 Å². The normalized spacial score (nSPS) is 20.3. The minimum atomic E-state index is 0.163. The Kier molecular flexibility index (Phi) is 2.65. The van der Waals surface area contributed by atoms with E-state index in [0.29, 0.717) is 16.3 Å². The van der Waals surface area contributed by atoms with Gasteiger partial charge < -0.3 is 15.2 Å². The van der Waals surface area contributed by atoms with Crippen LogP contribution in [0.2, 0.25) is 0 Å². The van der Waals surface area contributed by atoms with Gasteiger partial charge in [-0.3, -0.25) is 0 Å². The predicted octanol–water partition coefficient (Wildman–Crippen LogP) is 2.20. The number of rotatable bonds is 2. The highest BCUT2D eigenvalue weighted by atomic mass is 79.9. The SMILES string of the molecule is COc1cc([C@@H]2CCN2)cc(Br)c1O. The minimum Gasteiger partial charge on any atom is -0.503 e. The fraction of sp³-hybridized carbons (Fsp3) is 0.400. The third kappa shape index (κ3) is 1.60. The van der Waals surface area contributed by atoms with Crippen LogP contribution in [-0.4, -0.2) is 18.8 Å². The predicted molar refractivity (Wildman–Crippen MR) is 57.7 cm³/mol. The largest absolute Gasteiger partial charge is 0.503 e. The van der Waals surface area contributed by atoms with Crippen molar-refractivity contribution >= 4 is 15.9 Å². The fourth-order valence-electron chi connectivity index (χ4n) is 1.52. The number of methoxy groups -OCH3 is 1. The molecule has 0 saturated carbocycles. The number of hydrogen-bond donors (Lipinski definition) is 2. The van der Waals surface area contributed by atoms with Crippen LogP contribution in [0.3, 0.4) is 0 Å². The van der Waals surface area contributed by atoms with E-state index in [1.807, 2.05) is 12.1 Å². The van der Waals surface area contributed by atoms with Crippen LogP contribution in [0.4, 0.5) is 0 Å². The lowest BCUT2D eigenvalue weighted by Gasteiger charge is -2.28. The van der Waals surface area contributed by atoms with Gasteiger partial charge in [-0.15, -0.1) is 0 Å². The zero-order valence-electron chi connectivity index (χ0n) is 7.88. The molecule has 76 valence electrons. The van der Waals surface area contributed by atoms with Gasteiger partial charge in [0.15, 0.2) is 11.5 Å². The maximum absolute atomic E-state index is 9.60. The molecule has 2 N–H and O–H groups in total. The first-order valence-electron chi connectivity index (χ1n) is 4.52. The smallest absolute Gasteiger partial charge is 0.172 e. The highest BCUT2D eigenvalue weighted by molar-refractivity contribution is 9.10. The summed E-state index contributed by atoms with van der Waals surface area (Å²) >= 11 is 3.30. The highest BCUT2D eigenvalue weighted by Crippen LogP contribution is 2.38. The maximum atomic E-state index is 9.60. The Morgan fingerprint density at radius 2 is 2.29 bits per heavy atom. The van der Waals surface area contributed by atoms with Crippen LogP contribution >= 0.6 is 15.9 Å². The van der Waals surface area contributed by atoms with Gasteiger partial charge in [0, 0.05) is 6.04 Å². The van der Waals surface area contributed by atoms with Crippen molar-refractivity contribution in [3.63, 3.8) is 0 Å². The third-order valence-corrected chi connectivity index (χ3v) is 3.10. The molecule has 1 heterocycles. The molecule has 0 amide bonds. The molecule has 14 heavy (non-hydrogen) atoms. The van der Waals surface area contributed by atoms with Crippen molar-refractivity contribution in [2.24, 2.45) is 0 Å². The number of hydrogen-bond acceptors (Lipinski definition) is 3. The molecule has 1 aliphatic rings. The summed E-state index contributed by atoms with van der Waals surface area (Å²) in [6.07, 6.45) is 1.14. The average molecular weight is 258 g/mol. The van der Waals surface area contributed by atoms with Gasteiger partial charge in [0.25, 0.3) is 0 Å². The topological polar surface area (TPSA) is 41.5 Å². The monoisotopic (exact) mass is 257 g/mol. The van der Waals surface area contributed by atoms with Gasteiger partial charge in [-0.2, -0.15) is 0 Å². The molecule has 1 fully saturated rings. The molecule has 1 saturated heterocycles. The van der Waals surface area contributed by atoms with E-state index in [1.54, 1.807) is 7.11 Å². The standard InChI is InChI=1S/C10H12BrNO2/c1-14-9-5-6(8-2-3-12-8)4-7(11)10(9)13/h4-5,8,12-13H,2-3H2,1H3/t8-/m0/s1. The van der Waals surface area contributed by atoms with Gasteiger partial charge in [0.2, 0.25) is 0 Å². The van der Waals surface area contributed by atoms with Gasteiger partial charge in [0.1, 0.15) is 0 Å². The molecule has 0 bridgehead atoms. The second-order valence-electron chi connectivity index (χ2n) is 3.35. The zero-order valence-corrected chi connectivity index (χ0v) is 9.47. The van der Waals surface area contributed by atoms with Crippen LogP contribution in [0.25, 0.3) is 0 Å². The van der Waals surface area contributed by atoms with Crippen molar-refractivity contribution in [2.45, 2.75) is 12.5 Å². The van der Waals surface area contributed by atoms with Crippen LogP contribution in [0.1, 0.15) is 18.0 Å². The molecule has 1 aromatic carbocycles. The second kappa shape index (κ2) is 3.79. The Morgan fingerprint density at radius 3 is 2.79 bits per heavy atom. The molecule has 0 unspecified atom stereocenters. The van der Waals surface area contributed by atoms with E-state index >= 15 is 0 Å². The van der Waals surface area contributed by atoms with Gasteiger partial charge in [0.05, 0.1) is 11.6 Å². The first-order chi connectivity index (χ1) is 6.72. The summed E-state index contributed by atoms with van der Waals surface area (Å²) in [7, 11) is 1.56. The first-order valence-corrected chi connectivity index (χ1v) is 5.31. The van der Waals surface area contributed by atoms with Gasteiger partial charge in [-0.05, 0) is 46.6 Å².